The third-order valence-corrected chi connectivity index (χ3v) is 3.16. The largest absolute Gasteiger partial charge is 0.461 e. The molecule has 0 bridgehead atoms. The summed E-state index contributed by atoms with van der Waals surface area (Å²) >= 11 is 0. The summed E-state index contributed by atoms with van der Waals surface area (Å²) in [6.07, 6.45) is -3.84. The summed E-state index contributed by atoms with van der Waals surface area (Å²) in [6, 6.07) is 0. The van der Waals surface area contributed by atoms with E-state index in [0.29, 0.717) is 0 Å². The summed E-state index contributed by atoms with van der Waals surface area (Å²) < 4.78 is 85.6. The van der Waals surface area contributed by atoms with Gasteiger partial charge in [0.1, 0.15) is 18.6 Å². The van der Waals surface area contributed by atoms with E-state index in [1.807, 2.05) is 0 Å². The highest BCUT2D eigenvalue weighted by Crippen LogP contribution is 2.59. The molecule has 98 valence electrons. The molecular formula is C9H8F6O2. The number of hydrogen-bond acceptors (Lipinski definition) is 2. The zero-order valence-corrected chi connectivity index (χ0v) is 8.41. The second-order valence-electron chi connectivity index (χ2n) is 4.18. The van der Waals surface area contributed by atoms with Crippen molar-refractivity contribution in [3.05, 3.63) is 12.0 Å². The molecule has 1 heterocycles. The van der Waals surface area contributed by atoms with Crippen LogP contribution in [0.15, 0.2) is 12.0 Å². The molecule has 2 nitrogen and oxygen atoms in total. The van der Waals surface area contributed by atoms with Crippen molar-refractivity contribution in [3.63, 3.8) is 0 Å². The van der Waals surface area contributed by atoms with Gasteiger partial charge in [-0.05, 0) is 6.42 Å². The third-order valence-electron chi connectivity index (χ3n) is 3.16. The zero-order chi connectivity index (χ0) is 12.9. The van der Waals surface area contributed by atoms with Crippen molar-refractivity contribution >= 4 is 0 Å². The van der Waals surface area contributed by atoms with Gasteiger partial charge in [-0.25, -0.2) is 0 Å². The molecule has 2 aliphatic rings. The highest BCUT2D eigenvalue weighted by atomic mass is 19.3. The first-order valence-electron chi connectivity index (χ1n) is 4.78. The number of hydrogen-bond donors (Lipinski definition) is 0. The van der Waals surface area contributed by atoms with Crippen molar-refractivity contribution < 1.29 is 35.8 Å². The lowest BCUT2D eigenvalue weighted by Gasteiger charge is -2.38. The van der Waals surface area contributed by atoms with E-state index < -0.39 is 55.3 Å². The molecule has 1 spiro atoms. The minimum atomic E-state index is -4.32. The first-order chi connectivity index (χ1) is 7.72. The predicted molar refractivity (Wildman–Crippen MR) is 42.7 cm³/mol. The lowest BCUT2D eigenvalue weighted by molar-refractivity contribution is -0.268. The van der Waals surface area contributed by atoms with Gasteiger partial charge in [0.15, 0.2) is 0 Å². The maximum Gasteiger partial charge on any atom is 0.350 e. The van der Waals surface area contributed by atoms with E-state index in [2.05, 4.69) is 9.47 Å². The van der Waals surface area contributed by atoms with Crippen LogP contribution in [-0.2, 0) is 9.47 Å². The van der Waals surface area contributed by atoms with E-state index >= 15 is 0 Å². The van der Waals surface area contributed by atoms with Gasteiger partial charge in [0.2, 0.25) is 0 Å². The van der Waals surface area contributed by atoms with Crippen LogP contribution >= 0.6 is 0 Å². The van der Waals surface area contributed by atoms with Crippen LogP contribution in [0.3, 0.4) is 0 Å². The Bertz CT molecular complexity index is 350. The smallest absolute Gasteiger partial charge is 0.350 e. The summed E-state index contributed by atoms with van der Waals surface area (Å²) in [5.41, 5.74) is -2.23. The highest BCUT2D eigenvalue weighted by Gasteiger charge is 2.74. The van der Waals surface area contributed by atoms with Crippen LogP contribution in [0.5, 0.6) is 0 Å². The van der Waals surface area contributed by atoms with Crippen LogP contribution in [0.25, 0.3) is 0 Å². The van der Waals surface area contributed by atoms with Crippen molar-refractivity contribution in [1.29, 1.82) is 0 Å². The number of halogens is 6. The maximum atomic E-state index is 13.5. The Balaban J connectivity index is 2.22. The van der Waals surface area contributed by atoms with Crippen LogP contribution < -0.4 is 0 Å². The van der Waals surface area contributed by atoms with Crippen LogP contribution in [0.4, 0.5) is 26.3 Å². The van der Waals surface area contributed by atoms with Gasteiger partial charge in [-0.3, -0.25) is 0 Å². The molecule has 1 aliphatic heterocycles. The molecule has 0 unspecified atom stereocenters. The quantitative estimate of drug-likeness (QED) is 0.624. The second kappa shape index (κ2) is 3.46. The summed E-state index contributed by atoms with van der Waals surface area (Å²) in [7, 11) is 0. The Hall–Kier alpha value is -1.08. The maximum absolute atomic E-state index is 13.5. The van der Waals surface area contributed by atoms with Crippen LogP contribution in [0.2, 0.25) is 0 Å². The molecular weight excluding hydrogens is 254 g/mol. The zero-order valence-electron chi connectivity index (χ0n) is 8.41. The predicted octanol–water partition coefficient (Wildman–Crippen LogP) is 3.15. The number of rotatable bonds is 0. The van der Waals surface area contributed by atoms with Gasteiger partial charge in [-0.15, -0.1) is 0 Å². The average Bonchev–Trinajstić information content (AvgIpc) is 2.41. The molecule has 1 aliphatic carbocycles. The van der Waals surface area contributed by atoms with Crippen molar-refractivity contribution in [2.45, 2.75) is 24.7 Å². The van der Waals surface area contributed by atoms with E-state index in [4.69, 9.17) is 0 Å². The summed E-state index contributed by atoms with van der Waals surface area (Å²) in [5, 5.41) is 0. The molecule has 0 aromatic carbocycles. The van der Waals surface area contributed by atoms with Gasteiger partial charge in [0.05, 0.1) is 0 Å². The molecule has 0 atom stereocenters. The fraction of sp³-hybridized carbons (Fsp3) is 0.778. The van der Waals surface area contributed by atoms with Crippen LogP contribution in [0, 0.1) is 5.41 Å². The van der Waals surface area contributed by atoms with Crippen molar-refractivity contribution in [2.75, 3.05) is 13.2 Å². The molecule has 0 aromatic rings. The minimum absolute atomic E-state index is 0.534. The van der Waals surface area contributed by atoms with E-state index in [9.17, 15) is 26.3 Å². The molecule has 8 heteroatoms. The molecule has 1 saturated carbocycles. The van der Waals surface area contributed by atoms with E-state index in [1.165, 1.54) is 0 Å². The SMILES string of the molecule is FC(F)=C1OCC2(CCC(F)(F)C2(F)F)CO1. The van der Waals surface area contributed by atoms with Gasteiger partial charge in [0, 0.05) is 6.42 Å². The minimum Gasteiger partial charge on any atom is -0.461 e. The Morgan fingerprint density at radius 3 is 1.82 bits per heavy atom. The summed E-state index contributed by atoms with van der Waals surface area (Å²) in [5.74, 6) is -9.64. The lowest BCUT2D eigenvalue weighted by Crippen LogP contribution is -2.53. The van der Waals surface area contributed by atoms with Gasteiger partial charge in [-0.1, -0.05) is 0 Å². The van der Waals surface area contributed by atoms with E-state index in [0.717, 1.165) is 0 Å². The Kier molecular flexibility index (Phi) is 2.52. The normalized spacial score (nSPS) is 34.4. The fourth-order valence-electron chi connectivity index (χ4n) is 2.02. The number of ether oxygens (including phenoxy) is 2. The van der Waals surface area contributed by atoms with E-state index in [-0.39, 0.29) is 0 Å². The average molecular weight is 262 g/mol. The standard InChI is InChI=1S/C9H8F6O2/c10-5(11)6-16-3-7(4-17-6)1-2-8(12,13)9(7,14)15/h1-4H2. The first-order valence-corrected chi connectivity index (χ1v) is 4.78. The van der Waals surface area contributed by atoms with Crippen LogP contribution in [-0.4, -0.2) is 25.1 Å². The highest BCUT2D eigenvalue weighted by molar-refractivity contribution is 5.10. The molecule has 0 radical (unpaired) electrons. The van der Waals surface area contributed by atoms with Crippen molar-refractivity contribution in [3.8, 4) is 0 Å². The fourth-order valence-corrected chi connectivity index (χ4v) is 2.02. The Morgan fingerprint density at radius 1 is 0.941 bits per heavy atom. The van der Waals surface area contributed by atoms with Gasteiger partial charge in [0.25, 0.3) is 0 Å². The Morgan fingerprint density at radius 2 is 1.47 bits per heavy atom. The monoisotopic (exact) mass is 262 g/mol. The number of alkyl halides is 4. The molecule has 1 saturated heterocycles. The third kappa shape index (κ3) is 1.56. The Labute approximate surface area is 92.2 Å². The summed E-state index contributed by atoms with van der Waals surface area (Å²) in [6.45, 7) is -1.80. The first kappa shape index (κ1) is 12.4. The lowest BCUT2D eigenvalue weighted by atomic mass is 9.84. The molecule has 2 fully saturated rings. The second-order valence-corrected chi connectivity index (χ2v) is 4.18. The molecule has 0 aromatic heterocycles. The van der Waals surface area contributed by atoms with Gasteiger partial charge >= 0.3 is 23.9 Å². The topological polar surface area (TPSA) is 18.5 Å². The van der Waals surface area contributed by atoms with Gasteiger partial charge < -0.3 is 9.47 Å². The molecule has 2 rings (SSSR count). The van der Waals surface area contributed by atoms with E-state index in [1.54, 1.807) is 0 Å². The van der Waals surface area contributed by atoms with Crippen LogP contribution in [0.1, 0.15) is 12.8 Å². The summed E-state index contributed by atoms with van der Waals surface area (Å²) in [4.78, 5) is 0. The molecule has 0 amide bonds. The van der Waals surface area contributed by atoms with Gasteiger partial charge in [-0.2, -0.15) is 26.3 Å². The molecule has 0 N–H and O–H groups in total. The van der Waals surface area contributed by atoms with Crippen molar-refractivity contribution in [2.24, 2.45) is 5.41 Å². The van der Waals surface area contributed by atoms with Crippen molar-refractivity contribution in [1.82, 2.24) is 0 Å². The molecule has 17 heavy (non-hydrogen) atoms.